The maximum atomic E-state index is 7.41. The van der Waals surface area contributed by atoms with E-state index in [9.17, 15) is 0 Å². The predicted octanol–water partition coefficient (Wildman–Crippen LogP) is 20.2. The van der Waals surface area contributed by atoms with Crippen LogP contribution >= 0.6 is 0 Å². The van der Waals surface area contributed by atoms with Gasteiger partial charge in [-0.3, -0.25) is 0 Å². The Hall–Kier alpha value is -10.3. The summed E-state index contributed by atoms with van der Waals surface area (Å²) in [5.41, 5.74) is 20.3. The molecule has 4 aliphatic rings. The van der Waals surface area contributed by atoms with Gasteiger partial charge in [-0.05, 0) is 134 Å². The molecule has 2 aliphatic carbocycles. The maximum absolute atomic E-state index is 7.41. The fraction of sp³-hybridized carbons (Fsp3) is 0.0256. The molecule has 0 saturated carbocycles. The number of hydrogen-bond acceptors (Lipinski definition) is 2. The van der Waals surface area contributed by atoms with E-state index in [0.29, 0.717) is 0 Å². The summed E-state index contributed by atoms with van der Waals surface area (Å²) in [5.74, 6) is 3.50. The molecule has 370 valence electrons. The van der Waals surface area contributed by atoms with E-state index >= 15 is 0 Å². The summed E-state index contributed by atoms with van der Waals surface area (Å²) >= 11 is 0. The molecule has 2 spiro atoms. The van der Waals surface area contributed by atoms with Crippen LogP contribution in [0.2, 0.25) is 0 Å². The highest BCUT2D eigenvalue weighted by molar-refractivity contribution is 6.26. The van der Waals surface area contributed by atoms with Crippen molar-refractivity contribution >= 4 is 43.1 Å². The lowest BCUT2D eigenvalue weighted by Gasteiger charge is -2.40. The third-order valence-corrected chi connectivity index (χ3v) is 18.4. The molecule has 0 radical (unpaired) electrons. The summed E-state index contributed by atoms with van der Waals surface area (Å²) in [7, 11) is 0. The highest BCUT2D eigenvalue weighted by Crippen LogP contribution is 2.66. The summed E-state index contributed by atoms with van der Waals surface area (Å²) < 4.78 is 14.8. The van der Waals surface area contributed by atoms with Crippen LogP contribution in [0.1, 0.15) is 44.5 Å². The number of rotatable bonds is 3. The lowest BCUT2D eigenvalue weighted by molar-refractivity contribution is 0.438. The van der Waals surface area contributed by atoms with Gasteiger partial charge in [0.25, 0.3) is 0 Å². The van der Waals surface area contributed by atoms with Gasteiger partial charge < -0.3 is 9.47 Å². The van der Waals surface area contributed by atoms with Gasteiger partial charge in [0.15, 0.2) is 0 Å². The van der Waals surface area contributed by atoms with Gasteiger partial charge in [-0.1, -0.05) is 255 Å². The van der Waals surface area contributed by atoms with Crippen LogP contribution in [0.4, 0.5) is 0 Å². The average Bonchev–Trinajstić information content (AvgIpc) is 4.04. The number of ether oxygens (including phenoxy) is 2. The van der Waals surface area contributed by atoms with Gasteiger partial charge in [-0.2, -0.15) is 0 Å². The van der Waals surface area contributed by atoms with E-state index in [1.165, 1.54) is 88.0 Å². The highest BCUT2D eigenvalue weighted by atomic mass is 16.5. The Balaban J connectivity index is 0.963. The van der Waals surface area contributed by atoms with Crippen molar-refractivity contribution in [3.05, 3.63) is 324 Å². The van der Waals surface area contributed by atoms with Crippen LogP contribution in [0.25, 0.3) is 98.7 Å². The van der Waals surface area contributed by atoms with E-state index in [4.69, 9.17) is 9.47 Å². The van der Waals surface area contributed by atoms with Crippen molar-refractivity contribution in [2.45, 2.75) is 10.8 Å². The summed E-state index contributed by atoms with van der Waals surface area (Å²) in [6.07, 6.45) is 0. The van der Waals surface area contributed by atoms with Crippen molar-refractivity contribution in [1.29, 1.82) is 0 Å². The molecule has 0 saturated heterocycles. The lowest BCUT2D eigenvalue weighted by Crippen LogP contribution is -2.32. The minimum atomic E-state index is -0.604. The SMILES string of the molecule is c1ccc2c(c1)Oc1c(-c3cccc4c(-c5c6ccccc6cc6ccccc56)c5cccc(-c6cccc7c6Oc6ccccc6C76c7ccccc7-c7ccccc76)c5cc34)cccc1C21c2ccccc2-c2ccccc21. The average molecular weight is 1020 g/mol. The van der Waals surface area contributed by atoms with Crippen LogP contribution < -0.4 is 9.47 Å². The fourth-order valence-electron chi connectivity index (χ4n) is 15.4. The van der Waals surface area contributed by atoms with Gasteiger partial charge in [-0.15, -0.1) is 0 Å². The van der Waals surface area contributed by atoms with Crippen LogP contribution in [0.15, 0.2) is 279 Å². The second-order valence-corrected chi connectivity index (χ2v) is 22.0. The zero-order chi connectivity index (χ0) is 52.3. The largest absolute Gasteiger partial charge is 0.456 e. The summed E-state index contributed by atoms with van der Waals surface area (Å²) in [4.78, 5) is 0. The Kier molecular flexibility index (Phi) is 8.83. The van der Waals surface area contributed by atoms with Gasteiger partial charge in [0, 0.05) is 33.4 Å². The molecule has 2 nitrogen and oxygen atoms in total. The first-order valence-electron chi connectivity index (χ1n) is 27.8. The van der Waals surface area contributed by atoms with Crippen LogP contribution in [0, 0.1) is 0 Å². The van der Waals surface area contributed by atoms with Gasteiger partial charge in [0.05, 0.1) is 10.8 Å². The molecule has 0 bridgehead atoms. The summed E-state index contributed by atoms with van der Waals surface area (Å²) in [6, 6.07) is 103. The van der Waals surface area contributed by atoms with Crippen LogP contribution in [-0.2, 0) is 10.8 Å². The molecule has 80 heavy (non-hydrogen) atoms. The first kappa shape index (κ1) is 43.8. The Morgan fingerprint density at radius 2 is 0.500 bits per heavy atom. The smallest absolute Gasteiger partial charge is 0.140 e. The van der Waals surface area contributed by atoms with Crippen molar-refractivity contribution in [3.63, 3.8) is 0 Å². The molecule has 0 unspecified atom stereocenters. The number of hydrogen-bond donors (Lipinski definition) is 0. The Labute approximate surface area is 463 Å². The minimum absolute atomic E-state index is 0.604. The van der Waals surface area contributed by atoms with Gasteiger partial charge in [-0.25, -0.2) is 0 Å². The Morgan fingerprint density at radius 1 is 0.200 bits per heavy atom. The molecule has 0 N–H and O–H groups in total. The first-order valence-corrected chi connectivity index (χ1v) is 27.8. The first-order chi connectivity index (χ1) is 39.7. The monoisotopic (exact) mass is 1010 g/mol. The van der Waals surface area contributed by atoms with Gasteiger partial charge >= 0.3 is 0 Å². The minimum Gasteiger partial charge on any atom is -0.456 e. The van der Waals surface area contributed by atoms with Gasteiger partial charge in [0.1, 0.15) is 23.0 Å². The Morgan fingerprint density at radius 3 is 0.938 bits per heavy atom. The lowest BCUT2D eigenvalue weighted by atomic mass is 9.65. The van der Waals surface area contributed by atoms with E-state index in [2.05, 4.69) is 279 Å². The quantitative estimate of drug-likeness (QED) is 0.164. The highest BCUT2D eigenvalue weighted by Gasteiger charge is 2.53. The topological polar surface area (TPSA) is 18.5 Å². The fourth-order valence-corrected chi connectivity index (χ4v) is 15.4. The van der Waals surface area contributed by atoms with E-state index in [1.54, 1.807) is 0 Å². The van der Waals surface area contributed by atoms with E-state index in [-0.39, 0.29) is 0 Å². The zero-order valence-corrected chi connectivity index (χ0v) is 43.4. The molecule has 14 aromatic rings. The zero-order valence-electron chi connectivity index (χ0n) is 43.4. The van der Waals surface area contributed by atoms with Crippen molar-refractivity contribution in [3.8, 4) is 78.6 Å². The second-order valence-electron chi connectivity index (χ2n) is 22.0. The second kappa shape index (κ2) is 16.1. The van der Waals surface area contributed by atoms with Crippen molar-refractivity contribution in [2.75, 3.05) is 0 Å². The predicted molar refractivity (Wildman–Crippen MR) is 328 cm³/mol. The molecular weight excluding hydrogens is 969 g/mol. The molecular formula is C78H46O2. The van der Waals surface area contributed by atoms with E-state index < -0.39 is 10.8 Å². The van der Waals surface area contributed by atoms with Crippen LogP contribution in [-0.4, -0.2) is 0 Å². The molecule has 18 rings (SSSR count). The van der Waals surface area contributed by atoms with E-state index in [0.717, 1.165) is 78.3 Å². The van der Waals surface area contributed by atoms with Crippen molar-refractivity contribution < 1.29 is 9.47 Å². The van der Waals surface area contributed by atoms with Crippen molar-refractivity contribution in [2.24, 2.45) is 0 Å². The maximum Gasteiger partial charge on any atom is 0.140 e. The molecule has 2 aliphatic heterocycles. The Bertz CT molecular complexity index is 4640. The molecule has 0 amide bonds. The molecule has 0 atom stereocenters. The normalized spacial score (nSPS) is 14.2. The molecule has 0 fully saturated rings. The summed E-state index contributed by atoms with van der Waals surface area (Å²) in [5, 5.41) is 9.47. The molecule has 0 aromatic heterocycles. The van der Waals surface area contributed by atoms with Crippen LogP contribution in [0.5, 0.6) is 23.0 Å². The standard InChI is InChI=1S/C78H46O2/c1-3-23-49-47(21-1)45-48-22-2-4-24-50(48)73(49)74-57-31-17-29-51(59-33-19-41-69-75(59)79-71-43-15-13-39-67(71)77(69)63-35-9-5-25-53(63)54-26-6-10-36-64(54)77)61(57)46-62-52(30-18-32-58(62)74)60-34-20-42-70-76(60)80-72-44-16-14-40-68(72)78(70)65-37-11-7-27-55(65)56-28-8-12-38-66(56)78/h1-46H. The number of fused-ring (bicyclic) bond motifs is 22. The molecule has 14 aromatic carbocycles. The molecule has 2 heteroatoms. The third kappa shape index (κ3) is 5.52. The van der Waals surface area contributed by atoms with Crippen molar-refractivity contribution in [1.82, 2.24) is 0 Å². The number of para-hydroxylation sites is 4. The summed E-state index contributed by atoms with van der Waals surface area (Å²) in [6.45, 7) is 0. The van der Waals surface area contributed by atoms with E-state index in [1.807, 2.05) is 0 Å². The van der Waals surface area contributed by atoms with Gasteiger partial charge in [0.2, 0.25) is 0 Å². The molecule has 2 heterocycles. The third-order valence-electron chi connectivity index (χ3n) is 18.4. The number of benzene rings is 14. The van der Waals surface area contributed by atoms with Crippen LogP contribution in [0.3, 0.4) is 0 Å².